The summed E-state index contributed by atoms with van der Waals surface area (Å²) in [6.45, 7) is 8.97. The van der Waals surface area contributed by atoms with Gasteiger partial charge < -0.3 is 9.88 Å². The smallest absolute Gasteiger partial charge is 0.224 e. The maximum Gasteiger partial charge on any atom is 0.224 e. The Balaban J connectivity index is 1.44. The van der Waals surface area contributed by atoms with E-state index in [-0.39, 0.29) is 11.4 Å². The second-order valence-electron chi connectivity index (χ2n) is 8.25. The topological polar surface area (TPSA) is 70.1 Å². The Morgan fingerprint density at radius 3 is 2.81 bits per heavy atom. The van der Waals surface area contributed by atoms with Gasteiger partial charge in [0.1, 0.15) is 0 Å². The maximum atomic E-state index is 12.7. The summed E-state index contributed by atoms with van der Waals surface area (Å²) in [5, 5.41) is 4.19. The average molecular weight is 371 g/mol. The van der Waals surface area contributed by atoms with Gasteiger partial charge in [-0.05, 0) is 24.8 Å². The van der Waals surface area contributed by atoms with Gasteiger partial charge in [0.25, 0.3) is 0 Å². The third kappa shape index (κ3) is 3.52. The predicted octanol–water partition coefficient (Wildman–Crippen LogP) is 2.03. The van der Waals surface area contributed by atoms with Crippen LogP contribution in [0.15, 0.2) is 24.8 Å². The van der Waals surface area contributed by atoms with E-state index in [0.717, 1.165) is 45.4 Å². The van der Waals surface area contributed by atoms with E-state index < -0.39 is 0 Å². The summed E-state index contributed by atoms with van der Waals surface area (Å²) in [7, 11) is 0. The summed E-state index contributed by atoms with van der Waals surface area (Å²) in [6, 6.07) is 1.89. The number of piperidine rings is 1. The summed E-state index contributed by atoms with van der Waals surface area (Å²) < 4.78 is 1.82. The van der Waals surface area contributed by atoms with Crippen LogP contribution in [-0.4, -0.2) is 61.6 Å². The number of rotatable bonds is 5. The number of aromatic nitrogens is 4. The third-order valence-electron chi connectivity index (χ3n) is 6.04. The molecule has 146 valence electrons. The minimum atomic E-state index is -0.0172. The molecule has 2 aromatic rings. The fraction of sp³-hybridized carbons (Fsp3) is 0.650. The van der Waals surface area contributed by atoms with Crippen LogP contribution in [-0.2, 0) is 23.3 Å². The van der Waals surface area contributed by atoms with Crippen LogP contribution in [0.5, 0.6) is 0 Å². The first kappa shape index (κ1) is 18.2. The molecule has 1 saturated heterocycles. The number of likely N-dealkylation sites (tertiary alicyclic amines) is 1. The highest BCUT2D eigenvalue weighted by atomic mass is 16.2. The number of H-pyrrole nitrogens is 1. The van der Waals surface area contributed by atoms with Crippen molar-refractivity contribution in [1.82, 2.24) is 29.5 Å². The largest absolute Gasteiger partial charge is 0.348 e. The third-order valence-corrected chi connectivity index (χ3v) is 6.04. The van der Waals surface area contributed by atoms with Gasteiger partial charge in [-0.1, -0.05) is 13.8 Å². The molecule has 2 aliphatic heterocycles. The number of carbonyl (C=O) groups is 1. The molecule has 0 bridgehead atoms. The van der Waals surface area contributed by atoms with E-state index in [0.29, 0.717) is 18.9 Å². The van der Waals surface area contributed by atoms with Crippen LogP contribution in [0, 0.1) is 5.92 Å². The zero-order valence-corrected chi connectivity index (χ0v) is 16.4. The van der Waals surface area contributed by atoms with Crippen molar-refractivity contribution >= 4 is 5.91 Å². The molecular weight excluding hydrogens is 340 g/mol. The lowest BCUT2D eigenvalue weighted by Crippen LogP contribution is -2.57. The van der Waals surface area contributed by atoms with Crippen LogP contribution < -0.4 is 0 Å². The number of aryl methyl sites for hydroxylation is 1. The van der Waals surface area contributed by atoms with Crippen molar-refractivity contribution in [2.24, 2.45) is 5.92 Å². The molecule has 0 unspecified atom stereocenters. The van der Waals surface area contributed by atoms with E-state index in [9.17, 15) is 4.79 Å². The first-order chi connectivity index (χ1) is 13.1. The van der Waals surface area contributed by atoms with E-state index in [4.69, 9.17) is 4.98 Å². The van der Waals surface area contributed by atoms with E-state index in [2.05, 4.69) is 28.8 Å². The summed E-state index contributed by atoms with van der Waals surface area (Å²) in [4.78, 5) is 25.4. The van der Waals surface area contributed by atoms with Gasteiger partial charge in [0.05, 0.1) is 17.6 Å². The van der Waals surface area contributed by atoms with Crippen molar-refractivity contribution in [3.05, 3.63) is 36.2 Å². The molecule has 0 atom stereocenters. The zero-order chi connectivity index (χ0) is 18.9. The quantitative estimate of drug-likeness (QED) is 0.874. The summed E-state index contributed by atoms with van der Waals surface area (Å²) in [5.74, 6) is 0.852. The lowest BCUT2D eigenvalue weighted by molar-refractivity contribution is -0.135. The minimum absolute atomic E-state index is 0.0172. The van der Waals surface area contributed by atoms with Gasteiger partial charge in [-0.25, -0.2) is 4.98 Å². The molecule has 0 aliphatic carbocycles. The van der Waals surface area contributed by atoms with Crippen molar-refractivity contribution in [2.75, 3.05) is 26.2 Å². The van der Waals surface area contributed by atoms with Crippen molar-refractivity contribution in [2.45, 2.75) is 51.6 Å². The highest BCUT2D eigenvalue weighted by Gasteiger charge is 2.47. The lowest BCUT2D eigenvalue weighted by Gasteiger charge is -2.51. The molecule has 1 fully saturated rings. The SMILES string of the molecule is CC(C)CN1CCc2[nH]cnc2C12CCN(C(=O)CCn1cccn1)CC2. The molecule has 4 heterocycles. The molecule has 0 radical (unpaired) electrons. The molecule has 2 aromatic heterocycles. The number of imidazole rings is 1. The van der Waals surface area contributed by atoms with Crippen molar-refractivity contribution < 1.29 is 4.79 Å². The summed E-state index contributed by atoms with van der Waals surface area (Å²) in [5.41, 5.74) is 2.49. The van der Waals surface area contributed by atoms with Crippen LogP contribution in [0.1, 0.15) is 44.5 Å². The number of hydrogen-bond acceptors (Lipinski definition) is 4. The molecule has 27 heavy (non-hydrogen) atoms. The van der Waals surface area contributed by atoms with Gasteiger partial charge in [0, 0.05) is 63.7 Å². The summed E-state index contributed by atoms with van der Waals surface area (Å²) in [6.07, 6.45) is 8.98. The van der Waals surface area contributed by atoms with E-state index in [1.165, 1.54) is 11.4 Å². The highest BCUT2D eigenvalue weighted by molar-refractivity contribution is 5.76. The Hall–Kier alpha value is -2.15. The Morgan fingerprint density at radius 1 is 1.30 bits per heavy atom. The molecule has 2 aliphatic rings. The Bertz CT molecular complexity index is 757. The standard InChI is InChI=1S/C20H30N6O/c1-16(2)14-25-10-4-17-19(22-15-21-17)20(25)6-12-24(13-7-20)18(27)5-11-26-9-3-8-23-26/h3,8-9,15-16H,4-7,10-14H2,1-2H3,(H,21,22). The monoisotopic (exact) mass is 370 g/mol. The Labute approximate surface area is 160 Å². The summed E-state index contributed by atoms with van der Waals surface area (Å²) >= 11 is 0. The molecule has 4 rings (SSSR count). The number of amides is 1. The van der Waals surface area contributed by atoms with Gasteiger partial charge in [-0.15, -0.1) is 0 Å². The van der Waals surface area contributed by atoms with Crippen molar-refractivity contribution in [3.63, 3.8) is 0 Å². The number of hydrogen-bond donors (Lipinski definition) is 1. The van der Waals surface area contributed by atoms with Gasteiger partial charge in [-0.3, -0.25) is 14.4 Å². The molecular formula is C20H30N6O. The second kappa shape index (κ2) is 7.46. The Morgan fingerprint density at radius 2 is 2.11 bits per heavy atom. The zero-order valence-electron chi connectivity index (χ0n) is 16.4. The molecule has 1 N–H and O–H groups in total. The molecule has 1 spiro atoms. The number of aromatic amines is 1. The molecule has 0 aromatic carbocycles. The van der Waals surface area contributed by atoms with Crippen LogP contribution in [0.3, 0.4) is 0 Å². The Kier molecular flexibility index (Phi) is 5.04. The molecule has 0 saturated carbocycles. The lowest BCUT2D eigenvalue weighted by atomic mass is 9.78. The predicted molar refractivity (Wildman–Crippen MR) is 103 cm³/mol. The van der Waals surface area contributed by atoms with E-state index in [1.807, 2.05) is 28.2 Å². The van der Waals surface area contributed by atoms with Gasteiger partial charge in [0.15, 0.2) is 0 Å². The fourth-order valence-corrected chi connectivity index (χ4v) is 4.71. The van der Waals surface area contributed by atoms with E-state index >= 15 is 0 Å². The van der Waals surface area contributed by atoms with Crippen LogP contribution in [0.4, 0.5) is 0 Å². The van der Waals surface area contributed by atoms with Gasteiger partial charge >= 0.3 is 0 Å². The molecule has 7 nitrogen and oxygen atoms in total. The maximum absolute atomic E-state index is 12.7. The van der Waals surface area contributed by atoms with Crippen molar-refractivity contribution in [3.8, 4) is 0 Å². The fourth-order valence-electron chi connectivity index (χ4n) is 4.71. The van der Waals surface area contributed by atoms with Crippen LogP contribution in [0.25, 0.3) is 0 Å². The second-order valence-corrected chi connectivity index (χ2v) is 8.25. The molecule has 7 heteroatoms. The van der Waals surface area contributed by atoms with E-state index in [1.54, 1.807) is 6.20 Å². The number of fused-ring (bicyclic) bond motifs is 2. The first-order valence-corrected chi connectivity index (χ1v) is 10.1. The minimum Gasteiger partial charge on any atom is -0.348 e. The average Bonchev–Trinajstić information content (AvgIpc) is 3.34. The van der Waals surface area contributed by atoms with Crippen LogP contribution >= 0.6 is 0 Å². The number of nitrogens with zero attached hydrogens (tertiary/aromatic N) is 5. The highest BCUT2D eigenvalue weighted by Crippen LogP contribution is 2.42. The van der Waals surface area contributed by atoms with Crippen LogP contribution in [0.2, 0.25) is 0 Å². The van der Waals surface area contributed by atoms with Gasteiger partial charge in [-0.2, -0.15) is 5.10 Å². The van der Waals surface area contributed by atoms with Crippen molar-refractivity contribution in [1.29, 1.82) is 0 Å². The molecule has 1 amide bonds. The number of nitrogens with one attached hydrogen (secondary N) is 1. The number of carbonyl (C=O) groups excluding carboxylic acids is 1. The van der Waals surface area contributed by atoms with Gasteiger partial charge in [0.2, 0.25) is 5.91 Å². The first-order valence-electron chi connectivity index (χ1n) is 10.1. The normalized spacial score (nSPS) is 19.6.